The average molecular weight is 344 g/mol. The molecule has 1 unspecified atom stereocenters. The van der Waals surface area contributed by atoms with Gasteiger partial charge < -0.3 is 5.32 Å². The SMILES string of the molecule is CCCCCC(Cc1c(Br)c(CC)nn1CC)NCC. The van der Waals surface area contributed by atoms with Crippen molar-refractivity contribution in [2.75, 3.05) is 6.54 Å². The molecule has 1 aromatic heterocycles. The van der Waals surface area contributed by atoms with E-state index in [0.29, 0.717) is 6.04 Å². The van der Waals surface area contributed by atoms with Gasteiger partial charge in [0.2, 0.25) is 0 Å². The number of nitrogens with one attached hydrogen (secondary N) is 1. The Balaban J connectivity index is 2.78. The first-order valence-corrected chi connectivity index (χ1v) is 8.94. The minimum Gasteiger partial charge on any atom is -0.314 e. The van der Waals surface area contributed by atoms with Gasteiger partial charge in [-0.3, -0.25) is 4.68 Å². The number of aryl methyl sites for hydroxylation is 2. The van der Waals surface area contributed by atoms with Crippen LogP contribution >= 0.6 is 15.9 Å². The molecule has 4 heteroatoms. The number of likely N-dealkylation sites (N-methyl/N-ethyl adjacent to an activating group) is 1. The lowest BCUT2D eigenvalue weighted by Gasteiger charge is -2.18. The third-order valence-corrected chi connectivity index (χ3v) is 4.70. The summed E-state index contributed by atoms with van der Waals surface area (Å²) in [5.41, 5.74) is 2.54. The minimum absolute atomic E-state index is 0.564. The van der Waals surface area contributed by atoms with E-state index in [0.717, 1.165) is 25.9 Å². The molecule has 1 N–H and O–H groups in total. The summed E-state index contributed by atoms with van der Waals surface area (Å²) in [4.78, 5) is 0. The Bertz CT molecular complexity index is 387. The van der Waals surface area contributed by atoms with Crippen molar-refractivity contribution in [2.24, 2.45) is 0 Å². The molecule has 0 aliphatic carbocycles. The standard InChI is InChI=1S/C16H30BrN3/c1-5-9-10-11-13(18-7-3)12-15-16(17)14(6-2)19-20(15)8-4/h13,18H,5-12H2,1-4H3. The fourth-order valence-corrected chi connectivity index (χ4v) is 3.38. The lowest BCUT2D eigenvalue weighted by atomic mass is 10.0. The molecular weight excluding hydrogens is 314 g/mol. The number of nitrogens with zero attached hydrogens (tertiary/aromatic N) is 2. The maximum Gasteiger partial charge on any atom is 0.0766 e. The molecular formula is C16H30BrN3. The highest BCUT2D eigenvalue weighted by atomic mass is 79.9. The van der Waals surface area contributed by atoms with E-state index in [-0.39, 0.29) is 0 Å². The maximum absolute atomic E-state index is 4.70. The van der Waals surface area contributed by atoms with Crippen LogP contribution in [0.5, 0.6) is 0 Å². The summed E-state index contributed by atoms with van der Waals surface area (Å²) in [6.45, 7) is 10.8. The van der Waals surface area contributed by atoms with Gasteiger partial charge in [0.25, 0.3) is 0 Å². The van der Waals surface area contributed by atoms with Gasteiger partial charge in [0, 0.05) is 19.0 Å². The lowest BCUT2D eigenvalue weighted by Crippen LogP contribution is -2.31. The predicted molar refractivity (Wildman–Crippen MR) is 90.3 cm³/mol. The van der Waals surface area contributed by atoms with Gasteiger partial charge in [0.05, 0.1) is 15.9 Å². The van der Waals surface area contributed by atoms with E-state index in [1.54, 1.807) is 0 Å². The average Bonchev–Trinajstić information content (AvgIpc) is 2.75. The van der Waals surface area contributed by atoms with Crippen LogP contribution in [0.2, 0.25) is 0 Å². The largest absolute Gasteiger partial charge is 0.314 e. The molecule has 1 aromatic rings. The van der Waals surface area contributed by atoms with Crippen molar-refractivity contribution in [1.29, 1.82) is 0 Å². The van der Waals surface area contributed by atoms with E-state index in [4.69, 9.17) is 5.10 Å². The van der Waals surface area contributed by atoms with E-state index >= 15 is 0 Å². The third-order valence-electron chi connectivity index (χ3n) is 3.78. The summed E-state index contributed by atoms with van der Waals surface area (Å²) in [5, 5.41) is 8.33. The fraction of sp³-hybridized carbons (Fsp3) is 0.812. The molecule has 0 saturated heterocycles. The summed E-state index contributed by atoms with van der Waals surface area (Å²) >= 11 is 3.75. The summed E-state index contributed by atoms with van der Waals surface area (Å²) in [7, 11) is 0. The van der Waals surface area contributed by atoms with Crippen LogP contribution < -0.4 is 5.32 Å². The lowest BCUT2D eigenvalue weighted by molar-refractivity contribution is 0.451. The van der Waals surface area contributed by atoms with Gasteiger partial charge in [0.15, 0.2) is 0 Å². The molecule has 20 heavy (non-hydrogen) atoms. The topological polar surface area (TPSA) is 29.9 Å². The van der Waals surface area contributed by atoms with Crippen LogP contribution in [0.3, 0.4) is 0 Å². The Morgan fingerprint density at radius 2 is 1.95 bits per heavy atom. The van der Waals surface area contributed by atoms with Crippen LogP contribution in [-0.2, 0) is 19.4 Å². The molecule has 0 aliphatic rings. The first-order chi connectivity index (χ1) is 9.67. The Labute approximate surface area is 132 Å². The van der Waals surface area contributed by atoms with Crippen molar-refractivity contribution in [1.82, 2.24) is 15.1 Å². The Kier molecular flexibility index (Phi) is 8.46. The van der Waals surface area contributed by atoms with Crippen molar-refractivity contribution in [3.63, 3.8) is 0 Å². The number of hydrogen-bond acceptors (Lipinski definition) is 2. The smallest absolute Gasteiger partial charge is 0.0766 e. The first-order valence-electron chi connectivity index (χ1n) is 8.15. The molecule has 0 bridgehead atoms. The maximum atomic E-state index is 4.70. The zero-order valence-corrected chi connectivity index (χ0v) is 15.1. The molecule has 1 heterocycles. The van der Waals surface area contributed by atoms with Crippen molar-refractivity contribution < 1.29 is 0 Å². The molecule has 0 fully saturated rings. The second-order valence-electron chi connectivity index (χ2n) is 5.33. The van der Waals surface area contributed by atoms with Crippen LogP contribution in [0, 0.1) is 0 Å². The van der Waals surface area contributed by atoms with Crippen LogP contribution in [0.25, 0.3) is 0 Å². The van der Waals surface area contributed by atoms with Crippen LogP contribution in [-0.4, -0.2) is 22.4 Å². The fourth-order valence-electron chi connectivity index (χ4n) is 2.65. The van der Waals surface area contributed by atoms with Gasteiger partial charge >= 0.3 is 0 Å². The number of hydrogen-bond donors (Lipinski definition) is 1. The molecule has 1 atom stereocenters. The number of unbranched alkanes of at least 4 members (excludes halogenated alkanes) is 2. The molecule has 0 amide bonds. The normalized spacial score (nSPS) is 12.8. The highest BCUT2D eigenvalue weighted by Crippen LogP contribution is 2.24. The predicted octanol–water partition coefficient (Wildman–Crippen LogP) is 4.33. The number of rotatable bonds is 10. The second-order valence-corrected chi connectivity index (χ2v) is 6.12. The van der Waals surface area contributed by atoms with Crippen molar-refractivity contribution >= 4 is 15.9 Å². The molecule has 3 nitrogen and oxygen atoms in total. The number of aromatic nitrogens is 2. The van der Waals surface area contributed by atoms with E-state index in [1.165, 1.54) is 41.5 Å². The zero-order chi connectivity index (χ0) is 15.0. The van der Waals surface area contributed by atoms with Crippen LogP contribution in [0.4, 0.5) is 0 Å². The van der Waals surface area contributed by atoms with Crippen molar-refractivity contribution in [3.05, 3.63) is 15.9 Å². The van der Waals surface area contributed by atoms with E-state index < -0.39 is 0 Å². The summed E-state index contributed by atoms with van der Waals surface area (Å²) in [6.07, 6.45) is 7.24. The number of halogens is 1. The van der Waals surface area contributed by atoms with Crippen LogP contribution in [0.1, 0.15) is 64.8 Å². The minimum atomic E-state index is 0.564. The van der Waals surface area contributed by atoms with Gasteiger partial charge in [-0.1, -0.05) is 40.0 Å². The van der Waals surface area contributed by atoms with Crippen molar-refractivity contribution in [3.8, 4) is 0 Å². The van der Waals surface area contributed by atoms with Gasteiger partial charge in [-0.05, 0) is 42.2 Å². The quantitative estimate of drug-likeness (QED) is 0.640. The van der Waals surface area contributed by atoms with E-state index in [2.05, 4.69) is 53.6 Å². The van der Waals surface area contributed by atoms with Crippen molar-refractivity contribution in [2.45, 2.75) is 78.8 Å². The van der Waals surface area contributed by atoms with Gasteiger partial charge in [-0.25, -0.2) is 0 Å². The highest BCUT2D eigenvalue weighted by Gasteiger charge is 2.17. The second kappa shape index (κ2) is 9.56. The summed E-state index contributed by atoms with van der Waals surface area (Å²) < 4.78 is 3.38. The Morgan fingerprint density at radius 1 is 1.20 bits per heavy atom. The highest BCUT2D eigenvalue weighted by molar-refractivity contribution is 9.10. The molecule has 0 radical (unpaired) electrons. The Hall–Kier alpha value is -0.350. The molecule has 0 aliphatic heterocycles. The molecule has 0 spiro atoms. The first kappa shape index (κ1) is 17.7. The third kappa shape index (κ3) is 4.88. The summed E-state index contributed by atoms with van der Waals surface area (Å²) in [5.74, 6) is 0. The zero-order valence-electron chi connectivity index (χ0n) is 13.5. The van der Waals surface area contributed by atoms with Crippen LogP contribution in [0.15, 0.2) is 4.47 Å². The molecule has 116 valence electrons. The van der Waals surface area contributed by atoms with E-state index in [9.17, 15) is 0 Å². The van der Waals surface area contributed by atoms with E-state index in [1.807, 2.05) is 0 Å². The molecule has 0 saturated carbocycles. The Morgan fingerprint density at radius 3 is 2.50 bits per heavy atom. The van der Waals surface area contributed by atoms with Gasteiger partial charge in [-0.15, -0.1) is 0 Å². The van der Waals surface area contributed by atoms with Gasteiger partial charge in [-0.2, -0.15) is 5.10 Å². The molecule has 1 rings (SSSR count). The monoisotopic (exact) mass is 343 g/mol. The van der Waals surface area contributed by atoms with Gasteiger partial charge in [0.1, 0.15) is 0 Å². The summed E-state index contributed by atoms with van der Waals surface area (Å²) in [6, 6.07) is 0.564. The molecule has 0 aromatic carbocycles.